The van der Waals surface area contributed by atoms with Crippen molar-refractivity contribution in [3.63, 3.8) is 0 Å². The van der Waals surface area contributed by atoms with Gasteiger partial charge in [0.25, 0.3) is 11.7 Å². The monoisotopic (exact) mass is 488 g/mol. The third-order valence-corrected chi connectivity index (χ3v) is 6.00. The van der Waals surface area contributed by atoms with Gasteiger partial charge >= 0.3 is 0 Å². The van der Waals surface area contributed by atoms with E-state index in [-0.39, 0.29) is 27.7 Å². The highest BCUT2D eigenvalue weighted by molar-refractivity contribution is 6.46. The number of aliphatic hydroxyl groups excluding tert-OH is 1. The average Bonchev–Trinajstić information content (AvgIpc) is 3.08. The molecule has 34 heavy (non-hydrogen) atoms. The second-order valence-corrected chi connectivity index (χ2v) is 8.49. The predicted molar refractivity (Wildman–Crippen MR) is 130 cm³/mol. The Kier molecular flexibility index (Phi) is 8.06. The van der Waals surface area contributed by atoms with Crippen LogP contribution in [0.3, 0.4) is 0 Å². The minimum Gasteiger partial charge on any atom is -0.507 e. The molecule has 9 heteroatoms. The first kappa shape index (κ1) is 25.4. The molecule has 1 amide bonds. The van der Waals surface area contributed by atoms with Crippen LogP contribution in [0.4, 0.5) is 0 Å². The second kappa shape index (κ2) is 10.8. The highest BCUT2D eigenvalue weighted by Crippen LogP contribution is 2.45. The number of ketones is 1. The first-order valence-electron chi connectivity index (χ1n) is 10.7. The number of ether oxygens (including phenoxy) is 3. The molecule has 8 nitrogen and oxygen atoms in total. The lowest BCUT2D eigenvalue weighted by Gasteiger charge is -2.27. The number of hydrogen-bond donors (Lipinski definition) is 1. The SMILES string of the molecule is COc1cc(OC)c(/C(O)=C2\C(=O)C(=O)N(CCCN(C)C)C2c2ccccc2OC)cc1Cl. The Morgan fingerprint density at radius 1 is 1.03 bits per heavy atom. The van der Waals surface area contributed by atoms with E-state index in [9.17, 15) is 14.7 Å². The van der Waals surface area contributed by atoms with Gasteiger partial charge < -0.3 is 29.1 Å². The van der Waals surface area contributed by atoms with Gasteiger partial charge in [-0.25, -0.2) is 0 Å². The number of amides is 1. The zero-order valence-corrected chi connectivity index (χ0v) is 20.7. The molecule has 2 aromatic carbocycles. The summed E-state index contributed by atoms with van der Waals surface area (Å²) in [5, 5.41) is 11.6. The predicted octanol–water partition coefficient (Wildman–Crippen LogP) is 3.74. The maximum absolute atomic E-state index is 13.3. The molecule has 0 bridgehead atoms. The van der Waals surface area contributed by atoms with Crippen molar-refractivity contribution >= 4 is 29.1 Å². The highest BCUT2D eigenvalue weighted by atomic mass is 35.5. The van der Waals surface area contributed by atoms with E-state index in [4.69, 9.17) is 25.8 Å². The Hall–Kier alpha value is -3.23. The maximum Gasteiger partial charge on any atom is 0.295 e. The number of para-hydroxylation sites is 1. The smallest absolute Gasteiger partial charge is 0.295 e. The van der Waals surface area contributed by atoms with Crippen molar-refractivity contribution in [3.05, 3.63) is 58.1 Å². The first-order valence-corrected chi connectivity index (χ1v) is 11.1. The molecule has 0 saturated carbocycles. The topological polar surface area (TPSA) is 88.5 Å². The van der Waals surface area contributed by atoms with Gasteiger partial charge in [-0.05, 0) is 39.2 Å². The van der Waals surface area contributed by atoms with Gasteiger partial charge in [0, 0.05) is 18.2 Å². The Labute approximate surface area is 204 Å². The molecule has 1 atom stereocenters. The van der Waals surface area contributed by atoms with Crippen LogP contribution in [0, 0.1) is 0 Å². The quantitative estimate of drug-likeness (QED) is 0.327. The van der Waals surface area contributed by atoms with Crippen molar-refractivity contribution in [1.82, 2.24) is 9.80 Å². The molecule has 0 aliphatic carbocycles. The minimum atomic E-state index is -0.844. The van der Waals surface area contributed by atoms with Gasteiger partial charge in [-0.1, -0.05) is 29.8 Å². The molecule has 2 aromatic rings. The summed E-state index contributed by atoms with van der Waals surface area (Å²) < 4.78 is 16.2. The Balaban J connectivity index is 2.22. The molecular formula is C25H29ClN2O6. The van der Waals surface area contributed by atoms with Crippen LogP contribution in [-0.4, -0.2) is 75.1 Å². The number of carbonyl (C=O) groups is 2. The molecule has 0 radical (unpaired) electrons. The van der Waals surface area contributed by atoms with Crippen LogP contribution in [0.5, 0.6) is 17.2 Å². The fraction of sp³-hybridized carbons (Fsp3) is 0.360. The van der Waals surface area contributed by atoms with Gasteiger partial charge in [-0.2, -0.15) is 0 Å². The van der Waals surface area contributed by atoms with Crippen LogP contribution >= 0.6 is 11.6 Å². The van der Waals surface area contributed by atoms with Crippen LogP contribution in [0.15, 0.2) is 42.0 Å². The third kappa shape index (κ3) is 4.83. The lowest BCUT2D eigenvalue weighted by atomic mass is 9.94. The molecule has 182 valence electrons. The van der Waals surface area contributed by atoms with Crippen molar-refractivity contribution in [2.75, 3.05) is 48.5 Å². The number of nitrogens with zero attached hydrogens (tertiary/aromatic N) is 2. The maximum atomic E-state index is 13.3. The summed E-state index contributed by atoms with van der Waals surface area (Å²) in [5.74, 6) is -0.762. The van der Waals surface area contributed by atoms with E-state index in [0.717, 1.165) is 6.54 Å². The molecule has 1 aliphatic rings. The van der Waals surface area contributed by atoms with E-state index in [1.54, 1.807) is 24.3 Å². The number of carbonyl (C=O) groups excluding carboxylic acids is 2. The Morgan fingerprint density at radius 3 is 2.29 bits per heavy atom. The van der Waals surface area contributed by atoms with E-state index in [0.29, 0.717) is 30.0 Å². The molecule has 0 aromatic heterocycles. The van der Waals surface area contributed by atoms with Crippen molar-refractivity contribution < 1.29 is 28.9 Å². The lowest BCUT2D eigenvalue weighted by Crippen LogP contribution is -2.32. The number of halogens is 1. The van der Waals surface area contributed by atoms with Crippen LogP contribution in [0.2, 0.25) is 5.02 Å². The largest absolute Gasteiger partial charge is 0.507 e. The van der Waals surface area contributed by atoms with E-state index in [1.807, 2.05) is 19.0 Å². The number of methoxy groups -OCH3 is 3. The summed E-state index contributed by atoms with van der Waals surface area (Å²) in [5.41, 5.74) is 0.715. The van der Waals surface area contributed by atoms with Crippen LogP contribution < -0.4 is 14.2 Å². The summed E-state index contributed by atoms with van der Waals surface area (Å²) in [7, 11) is 8.28. The Bertz CT molecular complexity index is 1110. The molecular weight excluding hydrogens is 460 g/mol. The minimum absolute atomic E-state index is 0.0566. The van der Waals surface area contributed by atoms with Gasteiger partial charge in [-0.15, -0.1) is 0 Å². The van der Waals surface area contributed by atoms with E-state index in [1.165, 1.54) is 38.4 Å². The van der Waals surface area contributed by atoms with Crippen LogP contribution in [-0.2, 0) is 9.59 Å². The van der Waals surface area contributed by atoms with Gasteiger partial charge in [-0.3, -0.25) is 9.59 Å². The number of hydrogen-bond acceptors (Lipinski definition) is 7. The molecule has 0 spiro atoms. The van der Waals surface area contributed by atoms with E-state index in [2.05, 4.69) is 0 Å². The molecule has 1 fully saturated rings. The number of Topliss-reactive ketones (excluding diaryl/α,β-unsaturated/α-hetero) is 1. The molecule has 3 rings (SSSR count). The molecule has 1 aliphatic heterocycles. The van der Waals surface area contributed by atoms with E-state index < -0.39 is 17.7 Å². The second-order valence-electron chi connectivity index (χ2n) is 8.08. The van der Waals surface area contributed by atoms with Gasteiger partial charge in [0.1, 0.15) is 23.0 Å². The zero-order valence-electron chi connectivity index (χ0n) is 19.9. The summed E-state index contributed by atoms with van der Waals surface area (Å²) >= 11 is 6.30. The van der Waals surface area contributed by atoms with Crippen molar-refractivity contribution in [2.45, 2.75) is 12.5 Å². The van der Waals surface area contributed by atoms with Crippen molar-refractivity contribution in [1.29, 1.82) is 0 Å². The third-order valence-electron chi connectivity index (χ3n) is 5.71. The zero-order chi connectivity index (χ0) is 25.0. The standard InChI is InChI=1S/C25H29ClN2O6/c1-27(2)11-8-12-28-22(15-9-6-7-10-18(15)32-3)21(24(30)25(28)31)23(29)16-13-17(26)20(34-5)14-19(16)33-4/h6-7,9-10,13-14,22,29H,8,11-12H2,1-5H3/b23-21+. The van der Waals surface area contributed by atoms with Gasteiger partial charge in [0.15, 0.2) is 0 Å². The van der Waals surface area contributed by atoms with Crippen molar-refractivity contribution in [3.8, 4) is 17.2 Å². The fourth-order valence-corrected chi connectivity index (χ4v) is 4.31. The summed E-state index contributed by atoms with van der Waals surface area (Å²) in [6.07, 6.45) is 0.642. The Morgan fingerprint density at radius 2 is 1.68 bits per heavy atom. The number of aliphatic hydroxyl groups is 1. The molecule has 1 saturated heterocycles. The summed E-state index contributed by atoms with van der Waals surface area (Å²) in [4.78, 5) is 29.9. The van der Waals surface area contributed by atoms with Gasteiger partial charge in [0.05, 0.1) is 43.5 Å². The molecule has 1 unspecified atom stereocenters. The lowest BCUT2D eigenvalue weighted by molar-refractivity contribution is -0.140. The number of benzene rings is 2. The van der Waals surface area contributed by atoms with Gasteiger partial charge in [0.2, 0.25) is 0 Å². The molecule has 1 heterocycles. The summed E-state index contributed by atoms with van der Waals surface area (Å²) in [6, 6.07) is 9.25. The highest BCUT2D eigenvalue weighted by Gasteiger charge is 2.47. The normalized spacial score (nSPS) is 17.4. The average molecular weight is 489 g/mol. The number of rotatable bonds is 9. The van der Waals surface area contributed by atoms with Crippen molar-refractivity contribution in [2.24, 2.45) is 0 Å². The fourth-order valence-electron chi connectivity index (χ4n) is 4.07. The first-order chi connectivity index (χ1) is 16.2. The van der Waals surface area contributed by atoms with E-state index >= 15 is 0 Å². The summed E-state index contributed by atoms with van der Waals surface area (Å²) in [6.45, 7) is 1.05. The van der Waals surface area contributed by atoms with Crippen LogP contribution in [0.1, 0.15) is 23.6 Å². The number of likely N-dealkylation sites (tertiary alicyclic amines) is 1. The molecule has 1 N–H and O–H groups in total. The van der Waals surface area contributed by atoms with Crippen LogP contribution in [0.25, 0.3) is 5.76 Å².